The molecule has 1 atom stereocenters. The number of anilines is 1. The van der Waals surface area contributed by atoms with Crippen molar-refractivity contribution < 1.29 is 8.42 Å². The minimum atomic E-state index is -3.71. The van der Waals surface area contributed by atoms with Crippen LogP contribution in [0, 0.1) is 5.92 Å². The van der Waals surface area contributed by atoms with Gasteiger partial charge >= 0.3 is 0 Å². The topological polar surface area (TPSA) is 90.0 Å². The van der Waals surface area contributed by atoms with Crippen molar-refractivity contribution >= 4 is 15.7 Å². The summed E-state index contributed by atoms with van der Waals surface area (Å²) in [4.78, 5) is 4.32. The van der Waals surface area contributed by atoms with E-state index >= 15 is 0 Å². The van der Waals surface area contributed by atoms with E-state index in [0.717, 1.165) is 17.9 Å². The van der Waals surface area contributed by atoms with Crippen LogP contribution < -0.4 is 10.5 Å². The van der Waals surface area contributed by atoms with Gasteiger partial charge in [-0.25, -0.2) is 4.98 Å². The molecular formula is C17H24N4O2S. The number of hydrogen-bond acceptors (Lipinski definition) is 4. The number of rotatable bonds is 7. The van der Waals surface area contributed by atoms with E-state index < -0.39 is 10.0 Å². The Morgan fingerprint density at radius 3 is 2.79 bits per heavy atom. The number of imidazole rings is 1. The largest absolute Gasteiger partial charge is 0.333 e. The predicted octanol–water partition coefficient (Wildman–Crippen LogP) is 2.68. The summed E-state index contributed by atoms with van der Waals surface area (Å²) in [5.74, 6) is 1.47. The van der Waals surface area contributed by atoms with E-state index in [1.807, 2.05) is 24.5 Å². The normalized spacial score (nSPS) is 16.1. The molecule has 0 aliphatic heterocycles. The Bertz CT molecular complexity index is 823. The first-order valence-electron chi connectivity index (χ1n) is 8.33. The smallest absolute Gasteiger partial charge is 0.280 e. The van der Waals surface area contributed by atoms with Gasteiger partial charge in [0.2, 0.25) is 0 Å². The Labute approximate surface area is 143 Å². The molecule has 130 valence electrons. The van der Waals surface area contributed by atoms with Crippen molar-refractivity contribution in [3.63, 3.8) is 0 Å². The first-order chi connectivity index (χ1) is 11.4. The van der Waals surface area contributed by atoms with Crippen LogP contribution in [0.3, 0.4) is 0 Å². The monoisotopic (exact) mass is 348 g/mol. The second-order valence-electron chi connectivity index (χ2n) is 6.46. The van der Waals surface area contributed by atoms with Crippen LogP contribution in [-0.2, 0) is 23.0 Å². The number of nitrogens with one attached hydrogen (secondary N) is 1. The standard InChI is InChI=1S/C17H24N4O2S/c1-3-16-19-17(11-21(16)10-13-7-8-13)24(22,23)20-15-6-4-5-14(9-15)12(2)18/h4-6,9,11-13,20H,3,7-8,10,18H2,1-2H3/t12-/m1/s1. The van der Waals surface area contributed by atoms with E-state index in [2.05, 4.69) is 9.71 Å². The molecule has 1 aromatic carbocycles. The molecule has 2 aromatic rings. The summed E-state index contributed by atoms with van der Waals surface area (Å²) in [5.41, 5.74) is 7.24. The van der Waals surface area contributed by atoms with Crippen LogP contribution in [0.15, 0.2) is 35.5 Å². The third kappa shape index (κ3) is 3.79. The van der Waals surface area contributed by atoms with E-state index in [1.54, 1.807) is 24.4 Å². The van der Waals surface area contributed by atoms with E-state index in [-0.39, 0.29) is 11.1 Å². The number of nitrogens with two attached hydrogens (primary N) is 1. The molecule has 0 spiro atoms. The van der Waals surface area contributed by atoms with Crippen LogP contribution in [0.4, 0.5) is 5.69 Å². The van der Waals surface area contributed by atoms with Gasteiger partial charge in [0.25, 0.3) is 10.0 Å². The van der Waals surface area contributed by atoms with Crippen LogP contribution in [0.1, 0.15) is 44.1 Å². The quantitative estimate of drug-likeness (QED) is 0.805. The Balaban J connectivity index is 1.84. The molecular weight excluding hydrogens is 324 g/mol. The van der Waals surface area contributed by atoms with Crippen molar-refractivity contribution in [3.05, 3.63) is 41.9 Å². The van der Waals surface area contributed by atoms with Crippen LogP contribution in [0.5, 0.6) is 0 Å². The Morgan fingerprint density at radius 1 is 1.42 bits per heavy atom. The molecule has 1 aliphatic rings. The second kappa shape index (κ2) is 6.57. The zero-order valence-electron chi connectivity index (χ0n) is 14.1. The molecule has 1 aromatic heterocycles. The second-order valence-corrected chi connectivity index (χ2v) is 8.09. The lowest BCUT2D eigenvalue weighted by atomic mass is 10.1. The van der Waals surface area contributed by atoms with Crippen molar-refractivity contribution in [2.75, 3.05) is 4.72 Å². The van der Waals surface area contributed by atoms with Crippen molar-refractivity contribution in [1.82, 2.24) is 9.55 Å². The molecule has 3 rings (SSSR count). The lowest BCUT2D eigenvalue weighted by Crippen LogP contribution is -2.14. The van der Waals surface area contributed by atoms with Gasteiger partial charge < -0.3 is 10.3 Å². The maximum atomic E-state index is 12.6. The molecule has 0 bridgehead atoms. The fraction of sp³-hybridized carbons (Fsp3) is 0.471. The van der Waals surface area contributed by atoms with Gasteiger partial charge in [0.15, 0.2) is 5.03 Å². The molecule has 0 radical (unpaired) electrons. The summed E-state index contributed by atoms with van der Waals surface area (Å²) in [5, 5.41) is 0.0752. The summed E-state index contributed by atoms with van der Waals surface area (Å²) in [7, 11) is -3.71. The van der Waals surface area contributed by atoms with Crippen molar-refractivity contribution in [1.29, 1.82) is 0 Å². The molecule has 6 nitrogen and oxygen atoms in total. The average molecular weight is 348 g/mol. The summed E-state index contributed by atoms with van der Waals surface area (Å²) in [6.07, 6.45) is 4.79. The van der Waals surface area contributed by atoms with Crippen molar-refractivity contribution in [2.24, 2.45) is 11.7 Å². The molecule has 1 fully saturated rings. The minimum Gasteiger partial charge on any atom is -0.333 e. The van der Waals surface area contributed by atoms with Crippen LogP contribution in [0.25, 0.3) is 0 Å². The molecule has 1 aliphatic carbocycles. The zero-order chi connectivity index (χ0) is 17.3. The molecule has 1 heterocycles. The number of hydrogen-bond donors (Lipinski definition) is 2. The Morgan fingerprint density at radius 2 is 2.17 bits per heavy atom. The van der Waals surface area contributed by atoms with Crippen molar-refractivity contribution in [3.8, 4) is 0 Å². The highest BCUT2D eigenvalue weighted by atomic mass is 32.2. The molecule has 24 heavy (non-hydrogen) atoms. The zero-order valence-corrected chi connectivity index (χ0v) is 14.9. The third-order valence-corrected chi connectivity index (χ3v) is 5.50. The highest BCUT2D eigenvalue weighted by Crippen LogP contribution is 2.31. The summed E-state index contributed by atoms with van der Waals surface area (Å²) in [6, 6.07) is 6.98. The van der Waals surface area contributed by atoms with Crippen LogP contribution in [0.2, 0.25) is 0 Å². The van der Waals surface area contributed by atoms with Gasteiger partial charge in [-0.3, -0.25) is 4.72 Å². The summed E-state index contributed by atoms with van der Waals surface area (Å²) in [6.45, 7) is 4.70. The van der Waals surface area contributed by atoms with Gasteiger partial charge in [0, 0.05) is 30.9 Å². The van der Waals surface area contributed by atoms with Crippen LogP contribution >= 0.6 is 0 Å². The minimum absolute atomic E-state index is 0.0752. The highest BCUT2D eigenvalue weighted by molar-refractivity contribution is 7.92. The lowest BCUT2D eigenvalue weighted by Gasteiger charge is -2.10. The van der Waals surface area contributed by atoms with Gasteiger partial charge in [0.1, 0.15) is 5.82 Å². The SMILES string of the molecule is CCc1nc(S(=O)(=O)Nc2cccc([C@@H](C)N)c2)cn1CC1CC1. The number of aromatic nitrogens is 2. The predicted molar refractivity (Wildman–Crippen MR) is 94.2 cm³/mol. The van der Waals surface area contributed by atoms with Gasteiger partial charge in [-0.1, -0.05) is 19.1 Å². The molecule has 0 amide bonds. The number of benzene rings is 1. The number of aryl methyl sites for hydroxylation is 1. The van der Waals surface area contributed by atoms with E-state index in [0.29, 0.717) is 18.0 Å². The van der Waals surface area contributed by atoms with E-state index in [9.17, 15) is 8.42 Å². The molecule has 7 heteroatoms. The maximum absolute atomic E-state index is 12.6. The summed E-state index contributed by atoms with van der Waals surface area (Å²) >= 11 is 0. The Kier molecular flexibility index (Phi) is 4.64. The fourth-order valence-electron chi connectivity index (χ4n) is 2.67. The number of sulfonamides is 1. The molecule has 0 saturated heterocycles. The molecule has 0 unspecified atom stereocenters. The van der Waals surface area contributed by atoms with E-state index in [4.69, 9.17) is 5.73 Å². The average Bonchev–Trinajstić information content (AvgIpc) is 3.24. The molecule has 3 N–H and O–H groups in total. The summed E-state index contributed by atoms with van der Waals surface area (Å²) < 4.78 is 29.9. The Hall–Kier alpha value is -1.86. The molecule has 1 saturated carbocycles. The van der Waals surface area contributed by atoms with Gasteiger partial charge in [-0.2, -0.15) is 8.42 Å². The first-order valence-corrected chi connectivity index (χ1v) is 9.81. The number of nitrogens with zero attached hydrogens (tertiary/aromatic N) is 2. The van der Waals surface area contributed by atoms with Gasteiger partial charge in [0.05, 0.1) is 0 Å². The maximum Gasteiger partial charge on any atom is 0.280 e. The van der Waals surface area contributed by atoms with Gasteiger partial charge in [-0.05, 0) is 43.4 Å². The fourth-order valence-corrected chi connectivity index (χ4v) is 3.70. The first kappa shape index (κ1) is 17.0. The van der Waals surface area contributed by atoms with E-state index in [1.165, 1.54) is 12.8 Å². The lowest BCUT2D eigenvalue weighted by molar-refractivity contribution is 0.594. The highest BCUT2D eigenvalue weighted by Gasteiger charge is 2.25. The third-order valence-electron chi connectivity index (χ3n) is 4.25. The van der Waals surface area contributed by atoms with Crippen LogP contribution in [-0.4, -0.2) is 18.0 Å². The van der Waals surface area contributed by atoms with Crippen molar-refractivity contribution in [2.45, 2.75) is 50.7 Å². The van der Waals surface area contributed by atoms with Gasteiger partial charge in [-0.15, -0.1) is 0 Å².